The van der Waals surface area contributed by atoms with E-state index in [0.717, 1.165) is 54.5 Å². The van der Waals surface area contributed by atoms with Crippen molar-refractivity contribution >= 4 is 40.6 Å². The standard InChI is InChI=1S/C43H50ClN5O9S/c1-26-29(24-58-40-16-39(57-23-28-12-31(45-3)19-47-17-28)30(13-38(40)44)18-48-21-33(51)15-42(54)55)6-4-7-35(26)36-8-5-9-37(27(36)2)43-49-22-34(59-43)25-56-11-10-46-20-32(50)14-41(52)53/h4-9,12-13,16-17,19,22,32-33,45-46,48,50-51H,10-11,14-15,18,20-21,23-25H2,1-3H3,(H,52,53)(H,54,55)/t32-,33-/m0/s1. The summed E-state index contributed by atoms with van der Waals surface area (Å²) in [6.07, 6.45) is 2.58. The second-order valence-electron chi connectivity index (χ2n) is 13.9. The van der Waals surface area contributed by atoms with Crippen LogP contribution < -0.4 is 25.4 Å². The SMILES string of the molecule is CNc1cncc(COc2cc(OCc3cccc(-c4cccc(-c5ncc(COCCNC[C@@H](O)CC(=O)O)s5)c4C)c3C)c(Cl)cc2CNC[C@@H](O)CC(=O)O)c1. The number of benzene rings is 3. The zero-order valence-corrected chi connectivity index (χ0v) is 34.7. The van der Waals surface area contributed by atoms with E-state index in [4.69, 9.17) is 41.0 Å². The number of nitrogens with zero attached hydrogens (tertiary/aromatic N) is 2. The van der Waals surface area contributed by atoms with Gasteiger partial charge in [0.1, 0.15) is 29.7 Å². The summed E-state index contributed by atoms with van der Waals surface area (Å²) in [6.45, 7) is 6.39. The Balaban J connectivity index is 1.26. The molecule has 2 heterocycles. The number of hydrogen-bond acceptors (Lipinski definition) is 13. The molecule has 0 radical (unpaired) electrons. The molecule has 0 amide bonds. The third-order valence-electron chi connectivity index (χ3n) is 9.39. The average Bonchev–Trinajstić information content (AvgIpc) is 3.67. The number of hydrogen-bond donors (Lipinski definition) is 7. The van der Waals surface area contributed by atoms with Crippen molar-refractivity contribution < 1.29 is 44.2 Å². The zero-order chi connectivity index (χ0) is 42.3. The predicted octanol–water partition coefficient (Wildman–Crippen LogP) is 6.21. The van der Waals surface area contributed by atoms with Crippen molar-refractivity contribution in [1.29, 1.82) is 0 Å². The van der Waals surface area contributed by atoms with Crippen molar-refractivity contribution in [2.45, 2.75) is 65.3 Å². The van der Waals surface area contributed by atoms with Gasteiger partial charge in [-0.25, -0.2) is 4.98 Å². The van der Waals surface area contributed by atoms with Gasteiger partial charge in [-0.1, -0.05) is 48.0 Å². The predicted molar refractivity (Wildman–Crippen MR) is 227 cm³/mol. The second kappa shape index (κ2) is 22.3. The molecule has 7 N–H and O–H groups in total. The summed E-state index contributed by atoms with van der Waals surface area (Å²) in [5.41, 5.74) is 8.65. The highest BCUT2D eigenvalue weighted by atomic mass is 35.5. The highest BCUT2D eigenvalue weighted by Gasteiger charge is 2.17. The normalized spacial score (nSPS) is 12.2. The quantitative estimate of drug-likeness (QED) is 0.0345. The third kappa shape index (κ3) is 13.4. The summed E-state index contributed by atoms with van der Waals surface area (Å²) in [4.78, 5) is 31.6. The maximum atomic E-state index is 11.0. The van der Waals surface area contributed by atoms with E-state index < -0.39 is 24.1 Å². The molecule has 3 aromatic carbocycles. The van der Waals surface area contributed by atoms with Gasteiger partial charge in [0.05, 0.1) is 53.9 Å². The molecule has 0 saturated carbocycles. The summed E-state index contributed by atoms with van der Waals surface area (Å²) in [7, 11) is 1.81. The molecule has 0 fully saturated rings. The van der Waals surface area contributed by atoms with Crippen LogP contribution in [0.3, 0.4) is 0 Å². The van der Waals surface area contributed by atoms with E-state index in [0.29, 0.717) is 41.8 Å². The van der Waals surface area contributed by atoms with E-state index >= 15 is 0 Å². The number of aromatic nitrogens is 2. The summed E-state index contributed by atoms with van der Waals surface area (Å²) in [6, 6.07) is 17.7. The molecule has 0 spiro atoms. The van der Waals surface area contributed by atoms with Crippen LogP contribution in [0.2, 0.25) is 5.02 Å². The number of rotatable bonds is 24. The summed E-state index contributed by atoms with van der Waals surface area (Å²) in [5.74, 6) is -1.18. The molecular formula is C43H50ClN5O9S. The Morgan fingerprint density at radius 3 is 2.20 bits per heavy atom. The topological polar surface area (TPSA) is 205 Å². The van der Waals surface area contributed by atoms with Crippen LogP contribution >= 0.6 is 22.9 Å². The number of aliphatic carboxylic acids is 2. The zero-order valence-electron chi connectivity index (χ0n) is 33.2. The first-order valence-corrected chi connectivity index (χ1v) is 20.2. The summed E-state index contributed by atoms with van der Waals surface area (Å²) in [5, 5.41) is 47.9. The number of carbonyl (C=O) groups is 2. The Morgan fingerprint density at radius 2 is 1.47 bits per heavy atom. The van der Waals surface area contributed by atoms with Gasteiger partial charge in [0.25, 0.3) is 0 Å². The number of nitrogens with one attached hydrogen (secondary N) is 3. The van der Waals surface area contributed by atoms with Crippen LogP contribution in [-0.4, -0.2) is 87.8 Å². The van der Waals surface area contributed by atoms with Crippen LogP contribution in [-0.2, 0) is 40.7 Å². The number of thiazole rings is 1. The van der Waals surface area contributed by atoms with E-state index in [2.05, 4.69) is 53.0 Å². The minimum Gasteiger partial charge on any atom is -0.488 e. The Bertz CT molecular complexity index is 2190. The average molecular weight is 848 g/mol. The molecule has 0 saturated heterocycles. The highest BCUT2D eigenvalue weighted by molar-refractivity contribution is 7.15. The molecule has 5 aromatic rings. The molecule has 0 unspecified atom stereocenters. The lowest BCUT2D eigenvalue weighted by atomic mass is 9.92. The first-order valence-electron chi connectivity index (χ1n) is 19.0. The fraction of sp³-hybridized carbons (Fsp3) is 0.349. The lowest BCUT2D eigenvalue weighted by Crippen LogP contribution is -2.30. The van der Waals surface area contributed by atoms with Crippen LogP contribution in [0.5, 0.6) is 11.5 Å². The molecule has 0 aliphatic carbocycles. The van der Waals surface area contributed by atoms with Crippen LogP contribution in [0, 0.1) is 13.8 Å². The lowest BCUT2D eigenvalue weighted by molar-refractivity contribution is -0.140. The molecule has 2 aromatic heterocycles. The van der Waals surface area contributed by atoms with Gasteiger partial charge in [0, 0.05) is 74.6 Å². The first kappa shape index (κ1) is 45.0. The Kier molecular flexibility index (Phi) is 17.0. The van der Waals surface area contributed by atoms with Gasteiger partial charge in [0.2, 0.25) is 0 Å². The van der Waals surface area contributed by atoms with Crippen LogP contribution in [0.25, 0.3) is 21.7 Å². The number of carboxylic acid groups (broad SMARTS) is 2. The van der Waals surface area contributed by atoms with Crippen molar-refractivity contribution in [1.82, 2.24) is 20.6 Å². The van der Waals surface area contributed by atoms with Gasteiger partial charge in [-0.3, -0.25) is 14.6 Å². The number of aliphatic hydroxyl groups excluding tert-OH is 2. The van der Waals surface area contributed by atoms with Crippen molar-refractivity contribution in [2.75, 3.05) is 38.6 Å². The van der Waals surface area contributed by atoms with Gasteiger partial charge in [-0.05, 0) is 53.8 Å². The maximum absolute atomic E-state index is 11.0. The van der Waals surface area contributed by atoms with E-state index in [-0.39, 0.29) is 45.7 Å². The van der Waals surface area contributed by atoms with E-state index in [9.17, 15) is 19.8 Å². The number of pyridine rings is 1. The lowest BCUT2D eigenvalue weighted by Gasteiger charge is -2.18. The van der Waals surface area contributed by atoms with Crippen LogP contribution in [0.1, 0.15) is 45.5 Å². The number of ether oxygens (including phenoxy) is 3. The molecule has 2 atom stereocenters. The number of anilines is 1. The molecule has 0 aliphatic heterocycles. The molecular weight excluding hydrogens is 798 g/mol. The van der Waals surface area contributed by atoms with Gasteiger partial charge in [-0.2, -0.15) is 0 Å². The van der Waals surface area contributed by atoms with E-state index in [1.165, 1.54) is 0 Å². The Hall–Kier alpha value is -5.13. The molecule has 0 aliphatic rings. The van der Waals surface area contributed by atoms with E-state index in [1.54, 1.807) is 35.9 Å². The number of carboxylic acids is 2. The Labute approximate surface area is 352 Å². The molecule has 0 bridgehead atoms. The largest absolute Gasteiger partial charge is 0.488 e. The molecule has 16 heteroatoms. The molecule has 14 nitrogen and oxygen atoms in total. The van der Waals surface area contributed by atoms with Gasteiger partial charge >= 0.3 is 11.9 Å². The number of halogens is 1. The highest BCUT2D eigenvalue weighted by Crippen LogP contribution is 2.37. The summed E-state index contributed by atoms with van der Waals surface area (Å²) < 4.78 is 18.4. The van der Waals surface area contributed by atoms with Crippen LogP contribution in [0.15, 0.2) is 73.2 Å². The van der Waals surface area contributed by atoms with Gasteiger partial charge < -0.3 is 50.6 Å². The van der Waals surface area contributed by atoms with Crippen LogP contribution in [0.4, 0.5) is 5.69 Å². The van der Waals surface area contributed by atoms with Gasteiger partial charge in [-0.15, -0.1) is 11.3 Å². The number of aliphatic hydroxyl groups is 2. The molecule has 5 rings (SSSR count). The fourth-order valence-corrected chi connectivity index (χ4v) is 7.45. The third-order valence-corrected chi connectivity index (χ3v) is 10.7. The van der Waals surface area contributed by atoms with Crippen molar-refractivity contribution in [3.63, 3.8) is 0 Å². The van der Waals surface area contributed by atoms with Gasteiger partial charge in [0.15, 0.2) is 0 Å². The fourth-order valence-electron chi connectivity index (χ4n) is 6.28. The smallest absolute Gasteiger partial charge is 0.306 e. The first-order chi connectivity index (χ1) is 28.4. The molecule has 314 valence electrons. The van der Waals surface area contributed by atoms with Crippen molar-refractivity contribution in [3.8, 4) is 33.2 Å². The molecule has 59 heavy (non-hydrogen) atoms. The van der Waals surface area contributed by atoms with Crippen molar-refractivity contribution in [3.05, 3.63) is 111 Å². The van der Waals surface area contributed by atoms with E-state index in [1.807, 2.05) is 37.5 Å². The monoisotopic (exact) mass is 847 g/mol. The second-order valence-corrected chi connectivity index (χ2v) is 15.4. The minimum atomic E-state index is -1.08. The Morgan fingerprint density at radius 1 is 0.797 bits per heavy atom. The van der Waals surface area contributed by atoms with Crippen molar-refractivity contribution in [2.24, 2.45) is 0 Å². The maximum Gasteiger partial charge on any atom is 0.306 e. The minimum absolute atomic E-state index is 0.0696. The summed E-state index contributed by atoms with van der Waals surface area (Å²) >= 11 is 8.34.